The number of aliphatic hydroxyl groups is 2. The van der Waals surface area contributed by atoms with E-state index in [1.54, 1.807) is 13.8 Å². The molecule has 0 radical (unpaired) electrons. The van der Waals surface area contributed by atoms with Gasteiger partial charge in [0.1, 0.15) is 0 Å². The average molecular weight is 173 g/mol. The van der Waals surface area contributed by atoms with Crippen LogP contribution in [-0.4, -0.2) is 35.0 Å². The van der Waals surface area contributed by atoms with E-state index in [2.05, 4.69) is 5.32 Å². The molecule has 0 bridgehead atoms. The Balaban J connectivity index is 1.97. The number of hydrogen-bond acceptors (Lipinski definition) is 3. The predicted molar refractivity (Wildman–Crippen MR) is 47.9 cm³/mol. The molecule has 12 heavy (non-hydrogen) atoms. The zero-order chi connectivity index (χ0) is 9.19. The van der Waals surface area contributed by atoms with Crippen molar-refractivity contribution in [2.75, 3.05) is 13.1 Å². The van der Waals surface area contributed by atoms with Gasteiger partial charge in [-0.25, -0.2) is 0 Å². The smallest absolute Gasteiger partial charge is 0.0715 e. The summed E-state index contributed by atoms with van der Waals surface area (Å²) in [5.41, 5.74) is -0.623. The van der Waals surface area contributed by atoms with Crippen molar-refractivity contribution in [2.45, 2.75) is 38.4 Å². The van der Waals surface area contributed by atoms with Gasteiger partial charge in [-0.3, -0.25) is 0 Å². The van der Waals surface area contributed by atoms with Gasteiger partial charge in [0.15, 0.2) is 0 Å². The third-order valence-electron chi connectivity index (χ3n) is 2.20. The normalized spacial score (nSPS) is 30.0. The second kappa shape index (κ2) is 3.73. The van der Waals surface area contributed by atoms with Crippen molar-refractivity contribution in [2.24, 2.45) is 5.92 Å². The molecule has 0 aromatic rings. The molecule has 0 unspecified atom stereocenters. The maximum absolute atomic E-state index is 9.36. The zero-order valence-corrected chi connectivity index (χ0v) is 7.88. The van der Waals surface area contributed by atoms with Crippen LogP contribution in [0.2, 0.25) is 0 Å². The maximum atomic E-state index is 9.36. The van der Waals surface area contributed by atoms with Crippen LogP contribution < -0.4 is 5.32 Å². The van der Waals surface area contributed by atoms with Crippen LogP contribution in [-0.2, 0) is 0 Å². The maximum Gasteiger partial charge on any atom is 0.0715 e. The van der Waals surface area contributed by atoms with Gasteiger partial charge in [0.2, 0.25) is 0 Å². The van der Waals surface area contributed by atoms with E-state index in [9.17, 15) is 5.11 Å². The molecule has 0 saturated heterocycles. The van der Waals surface area contributed by atoms with E-state index in [1.807, 2.05) is 0 Å². The Labute approximate surface area is 73.8 Å². The van der Waals surface area contributed by atoms with Crippen molar-refractivity contribution >= 4 is 0 Å². The van der Waals surface area contributed by atoms with Crippen LogP contribution in [0.25, 0.3) is 0 Å². The Morgan fingerprint density at radius 3 is 2.42 bits per heavy atom. The van der Waals surface area contributed by atoms with E-state index in [-0.39, 0.29) is 6.10 Å². The second-order valence-electron chi connectivity index (χ2n) is 4.43. The molecule has 1 aliphatic rings. The summed E-state index contributed by atoms with van der Waals surface area (Å²) >= 11 is 0. The van der Waals surface area contributed by atoms with Gasteiger partial charge >= 0.3 is 0 Å². The van der Waals surface area contributed by atoms with E-state index < -0.39 is 5.60 Å². The molecule has 3 N–H and O–H groups in total. The fourth-order valence-corrected chi connectivity index (χ4v) is 1.45. The van der Waals surface area contributed by atoms with Crippen molar-refractivity contribution in [1.29, 1.82) is 0 Å². The van der Waals surface area contributed by atoms with Crippen LogP contribution in [0.3, 0.4) is 0 Å². The Hall–Kier alpha value is -0.120. The number of rotatable bonds is 4. The number of hydrogen-bond donors (Lipinski definition) is 3. The molecule has 0 aromatic heterocycles. The summed E-state index contributed by atoms with van der Waals surface area (Å²) in [6.07, 6.45) is 1.76. The molecule has 0 heterocycles. The standard InChI is InChI=1S/C9H19NO2/c1-9(2,12)6-10-5-7-3-8(11)4-7/h7-8,10-12H,3-6H2,1-2H3. The molecule has 1 aliphatic carbocycles. The monoisotopic (exact) mass is 173 g/mol. The van der Waals surface area contributed by atoms with Gasteiger partial charge in [-0.05, 0) is 39.2 Å². The van der Waals surface area contributed by atoms with Crippen LogP contribution in [0.15, 0.2) is 0 Å². The lowest BCUT2D eigenvalue weighted by Crippen LogP contribution is -2.41. The van der Waals surface area contributed by atoms with Gasteiger partial charge in [0, 0.05) is 6.54 Å². The number of aliphatic hydroxyl groups excluding tert-OH is 1. The molecular formula is C9H19NO2. The van der Waals surface area contributed by atoms with Gasteiger partial charge < -0.3 is 15.5 Å². The minimum Gasteiger partial charge on any atom is -0.393 e. The highest BCUT2D eigenvalue weighted by atomic mass is 16.3. The average Bonchev–Trinajstić information content (AvgIpc) is 1.81. The number of nitrogens with one attached hydrogen (secondary N) is 1. The van der Waals surface area contributed by atoms with Crippen LogP contribution in [0, 0.1) is 5.92 Å². The van der Waals surface area contributed by atoms with E-state index in [4.69, 9.17) is 5.11 Å². The molecule has 0 aliphatic heterocycles. The zero-order valence-electron chi connectivity index (χ0n) is 7.88. The molecule has 3 heteroatoms. The molecular weight excluding hydrogens is 154 g/mol. The van der Waals surface area contributed by atoms with Crippen molar-refractivity contribution in [3.8, 4) is 0 Å². The first-order valence-corrected chi connectivity index (χ1v) is 4.58. The van der Waals surface area contributed by atoms with Gasteiger partial charge in [0.05, 0.1) is 11.7 Å². The van der Waals surface area contributed by atoms with Crippen molar-refractivity contribution < 1.29 is 10.2 Å². The summed E-state index contributed by atoms with van der Waals surface area (Å²) in [5, 5.41) is 21.5. The fraction of sp³-hybridized carbons (Fsp3) is 1.00. The van der Waals surface area contributed by atoms with Gasteiger partial charge in [0.25, 0.3) is 0 Å². The van der Waals surface area contributed by atoms with Crippen molar-refractivity contribution in [3.63, 3.8) is 0 Å². The molecule has 1 saturated carbocycles. The van der Waals surface area contributed by atoms with Crippen molar-refractivity contribution in [3.05, 3.63) is 0 Å². The largest absolute Gasteiger partial charge is 0.393 e. The summed E-state index contributed by atoms with van der Waals surface area (Å²) in [7, 11) is 0. The van der Waals surface area contributed by atoms with Crippen LogP contribution in [0.1, 0.15) is 26.7 Å². The summed E-state index contributed by atoms with van der Waals surface area (Å²) in [5.74, 6) is 0.613. The Bertz CT molecular complexity index is 136. The summed E-state index contributed by atoms with van der Waals surface area (Å²) in [4.78, 5) is 0. The van der Waals surface area contributed by atoms with E-state index in [1.165, 1.54) is 0 Å². The minimum absolute atomic E-state index is 0.0704. The lowest BCUT2D eigenvalue weighted by atomic mass is 9.82. The third-order valence-corrected chi connectivity index (χ3v) is 2.20. The first-order chi connectivity index (χ1) is 5.47. The van der Waals surface area contributed by atoms with Crippen LogP contribution in [0.5, 0.6) is 0 Å². The summed E-state index contributed by atoms with van der Waals surface area (Å²) in [6, 6.07) is 0. The minimum atomic E-state index is -0.623. The Kier molecular flexibility index (Phi) is 3.09. The lowest BCUT2D eigenvalue weighted by molar-refractivity contribution is 0.0365. The highest BCUT2D eigenvalue weighted by Gasteiger charge is 2.26. The van der Waals surface area contributed by atoms with Gasteiger partial charge in [-0.2, -0.15) is 0 Å². The Morgan fingerprint density at radius 1 is 1.42 bits per heavy atom. The van der Waals surface area contributed by atoms with Crippen LogP contribution in [0.4, 0.5) is 0 Å². The quantitative estimate of drug-likeness (QED) is 0.566. The van der Waals surface area contributed by atoms with Crippen molar-refractivity contribution in [1.82, 2.24) is 5.32 Å². The second-order valence-corrected chi connectivity index (χ2v) is 4.43. The fourth-order valence-electron chi connectivity index (χ4n) is 1.45. The van der Waals surface area contributed by atoms with Crippen LogP contribution >= 0.6 is 0 Å². The predicted octanol–water partition coefficient (Wildman–Crippen LogP) is 0.118. The summed E-state index contributed by atoms with van der Waals surface area (Å²) in [6.45, 7) is 5.12. The van der Waals surface area contributed by atoms with Gasteiger partial charge in [-0.15, -0.1) is 0 Å². The highest BCUT2D eigenvalue weighted by Crippen LogP contribution is 2.26. The molecule has 0 atom stereocenters. The first-order valence-electron chi connectivity index (χ1n) is 4.58. The van der Waals surface area contributed by atoms with E-state index >= 15 is 0 Å². The third kappa shape index (κ3) is 3.52. The topological polar surface area (TPSA) is 52.5 Å². The lowest BCUT2D eigenvalue weighted by Gasteiger charge is -2.32. The van der Waals surface area contributed by atoms with Gasteiger partial charge in [-0.1, -0.05) is 0 Å². The molecule has 3 nitrogen and oxygen atoms in total. The molecule has 0 amide bonds. The Morgan fingerprint density at radius 2 is 2.00 bits per heavy atom. The SMILES string of the molecule is CC(C)(O)CNCC1CC(O)C1. The van der Waals surface area contributed by atoms with E-state index in [0.29, 0.717) is 12.5 Å². The molecule has 0 aromatic carbocycles. The summed E-state index contributed by atoms with van der Waals surface area (Å²) < 4.78 is 0. The first kappa shape index (κ1) is 9.96. The molecule has 0 spiro atoms. The molecule has 1 fully saturated rings. The highest BCUT2D eigenvalue weighted by molar-refractivity contribution is 4.81. The van der Waals surface area contributed by atoms with E-state index in [0.717, 1.165) is 19.4 Å². The molecule has 72 valence electrons. The molecule has 1 rings (SSSR count).